The Kier molecular flexibility index (Phi) is 9.93. The van der Waals surface area contributed by atoms with Gasteiger partial charge >= 0.3 is 5.97 Å². The smallest absolute Gasteiger partial charge is 0.303 e. The third-order valence-electron chi connectivity index (χ3n) is 4.90. The number of benzene rings is 2. The van der Waals surface area contributed by atoms with Crippen LogP contribution in [0.2, 0.25) is 0 Å². The van der Waals surface area contributed by atoms with Gasteiger partial charge in [0.25, 0.3) is 6.47 Å². The van der Waals surface area contributed by atoms with Crippen molar-refractivity contribution in [2.45, 2.75) is 54.7 Å². The van der Waals surface area contributed by atoms with Crippen LogP contribution in [0, 0.1) is 0 Å². The van der Waals surface area contributed by atoms with Gasteiger partial charge in [0.15, 0.2) is 0 Å². The van der Waals surface area contributed by atoms with E-state index in [0.717, 1.165) is 0 Å². The number of ketones is 2. The van der Waals surface area contributed by atoms with Gasteiger partial charge in [-0.1, -0.05) is 24.3 Å². The molecule has 0 fully saturated rings. The molecule has 0 saturated heterocycles. The normalized spacial score (nSPS) is 11.0. The summed E-state index contributed by atoms with van der Waals surface area (Å²) in [6.45, 7) is 0.520. The maximum absolute atomic E-state index is 12.9. The van der Waals surface area contributed by atoms with Crippen molar-refractivity contribution in [1.29, 1.82) is 0 Å². The van der Waals surface area contributed by atoms with Gasteiger partial charge in [0, 0.05) is 32.1 Å². The molecule has 8 nitrogen and oxygen atoms in total. The Balaban J connectivity index is 1.96. The first-order valence-electron chi connectivity index (χ1n) is 10.5. The third-order valence-corrected chi connectivity index (χ3v) is 6.69. The minimum Gasteiger partial charge on any atom is -0.481 e. The van der Waals surface area contributed by atoms with Crippen LogP contribution >= 0.6 is 0 Å². The van der Waals surface area contributed by atoms with Crippen molar-refractivity contribution in [1.82, 2.24) is 0 Å². The van der Waals surface area contributed by atoms with Gasteiger partial charge in [0.1, 0.15) is 11.6 Å². The summed E-state index contributed by atoms with van der Waals surface area (Å²) in [5.41, 5.74) is 1.34. The lowest BCUT2D eigenvalue weighted by Crippen LogP contribution is -2.06. The van der Waals surface area contributed by atoms with E-state index in [1.165, 1.54) is 24.3 Å². The average Bonchev–Trinajstić information content (AvgIpc) is 2.77. The van der Waals surface area contributed by atoms with Gasteiger partial charge in [-0.3, -0.25) is 19.2 Å². The number of rotatable bonds is 15. The Bertz CT molecular complexity index is 1070. The predicted octanol–water partition coefficient (Wildman–Crippen LogP) is 2.95. The van der Waals surface area contributed by atoms with Gasteiger partial charge in [-0.05, 0) is 48.2 Å². The highest BCUT2D eigenvalue weighted by Crippen LogP contribution is 2.22. The largest absolute Gasteiger partial charge is 0.481 e. The molecule has 0 aromatic heterocycles. The summed E-state index contributed by atoms with van der Waals surface area (Å²) in [5.74, 6) is -1.08. The minimum atomic E-state index is -3.76. The third kappa shape index (κ3) is 8.61. The van der Waals surface area contributed by atoms with Crippen LogP contribution in [-0.2, 0) is 46.6 Å². The van der Waals surface area contributed by atoms with Crippen molar-refractivity contribution in [3.05, 3.63) is 59.7 Å². The number of carbonyl (C=O) groups is 4. The molecule has 0 saturated carbocycles. The quantitative estimate of drug-likeness (QED) is 0.308. The zero-order valence-corrected chi connectivity index (χ0v) is 18.9. The lowest BCUT2D eigenvalue weighted by atomic mass is 10.1. The Morgan fingerprint density at radius 1 is 0.758 bits per heavy atom. The summed E-state index contributed by atoms with van der Waals surface area (Å²) >= 11 is 0. The fraction of sp³-hybridized carbons (Fsp3) is 0.333. The summed E-state index contributed by atoms with van der Waals surface area (Å²) in [6, 6.07) is 12.1. The Morgan fingerprint density at radius 2 is 1.21 bits per heavy atom. The molecule has 0 aliphatic carbocycles. The van der Waals surface area contributed by atoms with Crippen LogP contribution in [0.5, 0.6) is 0 Å². The summed E-state index contributed by atoms with van der Waals surface area (Å²) in [5, 5.41) is 8.62. The van der Waals surface area contributed by atoms with Gasteiger partial charge in [0.2, 0.25) is 9.84 Å². The standard InChI is InChI=1S/C24H26O8S/c25-17-32-14-2-4-21(27)16-19-8-12-23(13-9-19)33(30,31)22-10-6-18(7-11-22)15-20(26)3-1-5-24(28)29/h6-13,17H,1-5,14-16H2,(H,28,29). The molecule has 2 aromatic carbocycles. The molecule has 0 amide bonds. The van der Waals surface area contributed by atoms with Crippen LogP contribution in [-0.4, -0.2) is 44.1 Å². The maximum atomic E-state index is 12.9. The summed E-state index contributed by atoms with van der Waals surface area (Å²) in [6.07, 6.45) is 1.35. The van der Waals surface area contributed by atoms with Crippen molar-refractivity contribution in [2.75, 3.05) is 6.61 Å². The number of hydrogen-bond acceptors (Lipinski definition) is 7. The number of carboxylic acid groups (broad SMARTS) is 1. The topological polar surface area (TPSA) is 132 Å². The van der Waals surface area contributed by atoms with E-state index < -0.39 is 15.8 Å². The zero-order chi connectivity index (χ0) is 24.3. The van der Waals surface area contributed by atoms with Gasteiger partial charge < -0.3 is 9.84 Å². The summed E-state index contributed by atoms with van der Waals surface area (Å²) in [7, 11) is -3.76. The van der Waals surface area contributed by atoms with Crippen LogP contribution in [0.1, 0.15) is 43.2 Å². The number of aliphatic carboxylic acids is 1. The SMILES string of the molecule is O=COCCCC(=O)Cc1ccc(S(=O)(=O)c2ccc(CC(=O)CCCC(=O)O)cc2)cc1. The molecule has 33 heavy (non-hydrogen) atoms. The maximum Gasteiger partial charge on any atom is 0.303 e. The van der Waals surface area contributed by atoms with E-state index >= 15 is 0 Å². The van der Waals surface area contributed by atoms with Crippen molar-refractivity contribution >= 4 is 33.8 Å². The van der Waals surface area contributed by atoms with Gasteiger partial charge in [-0.15, -0.1) is 0 Å². The Labute approximate surface area is 192 Å². The Morgan fingerprint density at radius 3 is 1.64 bits per heavy atom. The second-order valence-electron chi connectivity index (χ2n) is 7.54. The lowest BCUT2D eigenvalue weighted by Gasteiger charge is -2.08. The van der Waals surface area contributed by atoms with E-state index in [1.807, 2.05) is 0 Å². The van der Waals surface area contributed by atoms with Crippen LogP contribution in [0.15, 0.2) is 58.3 Å². The van der Waals surface area contributed by atoms with E-state index in [-0.39, 0.29) is 66.5 Å². The highest BCUT2D eigenvalue weighted by atomic mass is 32.2. The van der Waals surface area contributed by atoms with E-state index in [9.17, 15) is 27.6 Å². The van der Waals surface area contributed by atoms with Crippen molar-refractivity contribution in [2.24, 2.45) is 0 Å². The highest BCUT2D eigenvalue weighted by molar-refractivity contribution is 7.91. The molecule has 0 spiro atoms. The van der Waals surface area contributed by atoms with Gasteiger partial charge in [0.05, 0.1) is 16.4 Å². The molecular weight excluding hydrogens is 448 g/mol. The molecule has 1 N–H and O–H groups in total. The first-order valence-corrected chi connectivity index (χ1v) is 11.9. The summed E-state index contributed by atoms with van der Waals surface area (Å²) in [4.78, 5) is 44.7. The minimum absolute atomic E-state index is 0.0341. The van der Waals surface area contributed by atoms with Crippen molar-refractivity contribution in [3.8, 4) is 0 Å². The van der Waals surface area contributed by atoms with Crippen molar-refractivity contribution < 1.29 is 37.4 Å². The molecule has 0 unspecified atom stereocenters. The number of carbonyl (C=O) groups excluding carboxylic acids is 3. The predicted molar refractivity (Wildman–Crippen MR) is 118 cm³/mol. The fourth-order valence-corrected chi connectivity index (χ4v) is 4.44. The van der Waals surface area contributed by atoms with Gasteiger partial charge in [-0.2, -0.15) is 0 Å². The number of carboxylic acids is 1. The Hall–Kier alpha value is -3.33. The van der Waals surface area contributed by atoms with E-state index in [1.54, 1.807) is 24.3 Å². The first-order chi connectivity index (χ1) is 15.7. The van der Waals surface area contributed by atoms with E-state index in [2.05, 4.69) is 4.74 Å². The fourth-order valence-electron chi connectivity index (χ4n) is 3.18. The van der Waals surface area contributed by atoms with Crippen molar-refractivity contribution in [3.63, 3.8) is 0 Å². The lowest BCUT2D eigenvalue weighted by molar-refractivity contribution is -0.137. The van der Waals surface area contributed by atoms with Crippen LogP contribution in [0.3, 0.4) is 0 Å². The molecule has 176 valence electrons. The molecule has 0 bridgehead atoms. The molecule has 0 radical (unpaired) electrons. The molecule has 2 rings (SSSR count). The molecule has 2 aromatic rings. The second kappa shape index (κ2) is 12.6. The van der Waals surface area contributed by atoms with Crippen LogP contribution in [0.25, 0.3) is 0 Å². The number of ether oxygens (including phenoxy) is 1. The van der Waals surface area contributed by atoms with E-state index in [4.69, 9.17) is 5.11 Å². The first kappa shape index (κ1) is 25.9. The number of Topliss-reactive ketones (excluding diaryl/α,β-unsaturated/α-hetero) is 2. The molecular formula is C24H26O8S. The molecule has 0 aliphatic rings. The zero-order valence-electron chi connectivity index (χ0n) is 18.1. The second-order valence-corrected chi connectivity index (χ2v) is 9.49. The highest BCUT2D eigenvalue weighted by Gasteiger charge is 2.18. The average molecular weight is 475 g/mol. The van der Waals surface area contributed by atoms with Gasteiger partial charge in [-0.25, -0.2) is 8.42 Å². The summed E-state index contributed by atoms with van der Waals surface area (Å²) < 4.78 is 30.3. The molecule has 0 atom stereocenters. The number of sulfone groups is 1. The monoisotopic (exact) mass is 474 g/mol. The molecule has 9 heteroatoms. The number of hydrogen-bond donors (Lipinski definition) is 1. The van der Waals surface area contributed by atoms with E-state index in [0.29, 0.717) is 24.0 Å². The molecule has 0 heterocycles. The van der Waals surface area contributed by atoms with Crippen LogP contribution in [0.4, 0.5) is 0 Å². The van der Waals surface area contributed by atoms with Crippen LogP contribution < -0.4 is 0 Å². The molecule has 0 aliphatic heterocycles.